The summed E-state index contributed by atoms with van der Waals surface area (Å²) in [5.41, 5.74) is 4.22. The Bertz CT molecular complexity index is 1000. The third-order valence-electron chi connectivity index (χ3n) is 3.60. The maximum absolute atomic E-state index is 12.0. The zero-order valence-corrected chi connectivity index (χ0v) is 15.0. The molecule has 3 aromatic rings. The zero-order valence-electron chi connectivity index (χ0n) is 14.2. The topological polar surface area (TPSA) is 63.6 Å². The molecule has 0 spiro atoms. The highest BCUT2D eigenvalue weighted by Crippen LogP contribution is 2.26. The molecule has 0 saturated carbocycles. The van der Waals surface area contributed by atoms with Crippen LogP contribution in [0, 0.1) is 19.3 Å². The van der Waals surface area contributed by atoms with Crippen LogP contribution in [0.4, 0.5) is 0 Å². The second-order valence-corrected chi connectivity index (χ2v) is 6.49. The minimum absolute atomic E-state index is 0.162. The van der Waals surface area contributed by atoms with Crippen LogP contribution in [0.1, 0.15) is 16.3 Å². The van der Waals surface area contributed by atoms with Crippen LogP contribution < -0.4 is 10.2 Å². The Labute approximate surface area is 155 Å². The lowest BCUT2D eigenvalue weighted by Gasteiger charge is -2.09. The van der Waals surface area contributed by atoms with E-state index in [4.69, 9.17) is 11.2 Å². The molecule has 1 aromatic heterocycles. The van der Waals surface area contributed by atoms with Crippen molar-refractivity contribution in [1.82, 2.24) is 10.4 Å². The van der Waals surface area contributed by atoms with E-state index in [-0.39, 0.29) is 18.9 Å². The van der Waals surface area contributed by atoms with Crippen LogP contribution in [-0.2, 0) is 11.2 Å². The molecule has 0 atom stereocenters. The van der Waals surface area contributed by atoms with Gasteiger partial charge in [0.25, 0.3) is 0 Å². The number of hydrazone groups is 1. The lowest BCUT2D eigenvalue weighted by atomic mass is 10.0. The summed E-state index contributed by atoms with van der Waals surface area (Å²) in [6.07, 6.45) is 7.07. The van der Waals surface area contributed by atoms with Gasteiger partial charge in [-0.3, -0.25) is 4.79 Å². The molecule has 0 aliphatic rings. The Morgan fingerprint density at radius 1 is 1.38 bits per heavy atom. The largest absolute Gasteiger partial charge is 0.480 e. The highest BCUT2D eigenvalue weighted by atomic mass is 32.1. The van der Waals surface area contributed by atoms with Crippen LogP contribution in [0.15, 0.2) is 46.9 Å². The number of amides is 1. The van der Waals surface area contributed by atoms with E-state index in [2.05, 4.69) is 21.4 Å². The number of nitrogens with zero attached hydrogens (tertiary/aromatic N) is 2. The molecular formula is C20H17N3O2S. The number of thiazole rings is 1. The molecule has 6 heteroatoms. The molecule has 0 unspecified atom stereocenters. The summed E-state index contributed by atoms with van der Waals surface area (Å²) in [7, 11) is 0. The molecule has 0 aliphatic heterocycles. The quantitative estimate of drug-likeness (QED) is 0.415. The molecule has 0 radical (unpaired) electrons. The number of carbonyl (C=O) groups is 1. The smallest absolute Gasteiger partial charge is 0.246 e. The highest BCUT2D eigenvalue weighted by molar-refractivity contribution is 7.09. The van der Waals surface area contributed by atoms with Crippen LogP contribution in [0.5, 0.6) is 5.75 Å². The lowest BCUT2D eigenvalue weighted by Crippen LogP contribution is -2.19. The minimum atomic E-state index is -0.220. The number of rotatable bonds is 6. The Kier molecular flexibility index (Phi) is 5.62. The first kappa shape index (κ1) is 17.6. The van der Waals surface area contributed by atoms with Crippen molar-refractivity contribution in [2.45, 2.75) is 13.3 Å². The van der Waals surface area contributed by atoms with Crippen molar-refractivity contribution in [1.29, 1.82) is 0 Å². The first-order valence-corrected chi connectivity index (χ1v) is 8.86. The third kappa shape index (κ3) is 4.26. The number of aromatic nitrogens is 1. The van der Waals surface area contributed by atoms with Gasteiger partial charge in [-0.25, -0.2) is 10.4 Å². The number of terminal acetylenes is 1. The second kappa shape index (κ2) is 8.28. The second-order valence-electron chi connectivity index (χ2n) is 5.54. The highest BCUT2D eigenvalue weighted by Gasteiger charge is 2.08. The molecule has 3 rings (SSSR count). The fourth-order valence-corrected chi connectivity index (χ4v) is 3.25. The average Bonchev–Trinajstić information content (AvgIpc) is 3.05. The fraction of sp³-hybridized carbons (Fsp3) is 0.150. The van der Waals surface area contributed by atoms with Crippen molar-refractivity contribution < 1.29 is 9.53 Å². The van der Waals surface area contributed by atoms with Crippen LogP contribution >= 0.6 is 11.3 Å². The summed E-state index contributed by atoms with van der Waals surface area (Å²) >= 11 is 1.46. The summed E-state index contributed by atoms with van der Waals surface area (Å²) in [4.78, 5) is 16.3. The van der Waals surface area contributed by atoms with Gasteiger partial charge in [-0.2, -0.15) is 5.10 Å². The standard InChI is InChI=1S/C20H17N3O2S/c1-3-10-25-18-9-8-15-6-4-5-7-16(15)17(18)12-21-23-19(24)11-20-22-14(2)13-26-20/h1,4-9,12-13H,10-11H2,2H3,(H,23,24)/b21-12-. The first-order valence-electron chi connectivity index (χ1n) is 7.98. The molecule has 26 heavy (non-hydrogen) atoms. The van der Waals surface area contributed by atoms with Crippen LogP contribution in [0.3, 0.4) is 0 Å². The lowest BCUT2D eigenvalue weighted by molar-refractivity contribution is -0.120. The summed E-state index contributed by atoms with van der Waals surface area (Å²) in [6, 6.07) is 11.7. The van der Waals surface area contributed by atoms with E-state index in [1.165, 1.54) is 11.3 Å². The summed E-state index contributed by atoms with van der Waals surface area (Å²) < 4.78 is 5.60. The van der Waals surface area contributed by atoms with Crippen molar-refractivity contribution in [2.75, 3.05) is 6.61 Å². The molecule has 1 N–H and O–H groups in total. The van der Waals surface area contributed by atoms with Crippen molar-refractivity contribution in [3.05, 3.63) is 58.0 Å². The summed E-state index contributed by atoms with van der Waals surface area (Å²) in [5.74, 6) is 2.85. The van der Waals surface area contributed by atoms with Gasteiger partial charge in [0.1, 0.15) is 17.4 Å². The van der Waals surface area contributed by atoms with E-state index in [0.29, 0.717) is 5.75 Å². The summed E-state index contributed by atoms with van der Waals surface area (Å²) in [5, 5.41) is 8.78. The van der Waals surface area contributed by atoms with Gasteiger partial charge in [-0.05, 0) is 23.8 Å². The van der Waals surface area contributed by atoms with E-state index < -0.39 is 0 Å². The molecule has 0 aliphatic carbocycles. The molecule has 130 valence electrons. The van der Waals surface area contributed by atoms with E-state index in [9.17, 15) is 4.79 Å². The number of carbonyl (C=O) groups excluding carboxylic acids is 1. The van der Waals surface area contributed by atoms with Gasteiger partial charge in [0.2, 0.25) is 5.91 Å². The van der Waals surface area contributed by atoms with Gasteiger partial charge >= 0.3 is 0 Å². The van der Waals surface area contributed by atoms with Gasteiger partial charge in [0, 0.05) is 16.6 Å². The summed E-state index contributed by atoms with van der Waals surface area (Å²) in [6.45, 7) is 2.06. The van der Waals surface area contributed by atoms with Gasteiger partial charge in [0.15, 0.2) is 0 Å². The van der Waals surface area contributed by atoms with Gasteiger partial charge in [-0.15, -0.1) is 17.8 Å². The maximum atomic E-state index is 12.0. The van der Waals surface area contributed by atoms with Crippen molar-refractivity contribution in [2.24, 2.45) is 5.10 Å². The van der Waals surface area contributed by atoms with Crippen molar-refractivity contribution in [3.8, 4) is 18.1 Å². The Balaban J connectivity index is 1.78. The first-order chi connectivity index (χ1) is 12.7. The molecule has 2 aromatic carbocycles. The Morgan fingerprint density at radius 3 is 3.00 bits per heavy atom. The molecule has 0 saturated heterocycles. The number of aryl methyl sites for hydroxylation is 1. The molecule has 0 fully saturated rings. The number of ether oxygens (including phenoxy) is 1. The number of nitrogens with one attached hydrogen (secondary N) is 1. The van der Waals surface area contributed by atoms with Crippen LogP contribution in [0.2, 0.25) is 0 Å². The monoisotopic (exact) mass is 363 g/mol. The average molecular weight is 363 g/mol. The number of benzene rings is 2. The van der Waals surface area contributed by atoms with Crippen LogP contribution in [0.25, 0.3) is 10.8 Å². The SMILES string of the molecule is C#CCOc1ccc2ccccc2c1/C=N\NC(=O)Cc1nc(C)cs1. The molecule has 0 bridgehead atoms. The molecular weight excluding hydrogens is 346 g/mol. The van der Waals surface area contributed by atoms with E-state index in [1.54, 1.807) is 6.21 Å². The normalized spacial score (nSPS) is 10.8. The number of hydrogen-bond acceptors (Lipinski definition) is 5. The molecule has 1 heterocycles. The van der Waals surface area contributed by atoms with Gasteiger partial charge < -0.3 is 4.74 Å². The van der Waals surface area contributed by atoms with Crippen molar-refractivity contribution in [3.63, 3.8) is 0 Å². The maximum Gasteiger partial charge on any atom is 0.246 e. The zero-order chi connectivity index (χ0) is 18.4. The van der Waals surface area contributed by atoms with Crippen LogP contribution in [-0.4, -0.2) is 23.7 Å². The van der Waals surface area contributed by atoms with E-state index in [1.807, 2.05) is 48.7 Å². The predicted octanol–water partition coefficient (Wildman–Crippen LogP) is 3.31. The van der Waals surface area contributed by atoms with Crippen molar-refractivity contribution >= 4 is 34.2 Å². The fourth-order valence-electron chi connectivity index (χ4n) is 2.48. The predicted molar refractivity (Wildman–Crippen MR) is 105 cm³/mol. The molecule has 1 amide bonds. The van der Waals surface area contributed by atoms with Gasteiger partial charge in [0.05, 0.1) is 12.6 Å². The molecule has 5 nitrogen and oxygen atoms in total. The third-order valence-corrected chi connectivity index (χ3v) is 4.57. The Morgan fingerprint density at radius 2 is 2.23 bits per heavy atom. The van der Waals surface area contributed by atoms with Gasteiger partial charge in [-0.1, -0.05) is 36.3 Å². The van der Waals surface area contributed by atoms with E-state index in [0.717, 1.165) is 27.0 Å². The minimum Gasteiger partial charge on any atom is -0.480 e. The number of fused-ring (bicyclic) bond motifs is 1. The van der Waals surface area contributed by atoms with E-state index >= 15 is 0 Å². The number of hydrogen-bond donors (Lipinski definition) is 1. The Hall–Kier alpha value is -3.17.